The van der Waals surface area contributed by atoms with Crippen LogP contribution in [0.4, 0.5) is 4.79 Å². The van der Waals surface area contributed by atoms with Crippen LogP contribution in [0.2, 0.25) is 0 Å². The van der Waals surface area contributed by atoms with Crippen molar-refractivity contribution in [2.24, 2.45) is 10.5 Å². The first-order valence-corrected chi connectivity index (χ1v) is 13.3. The Bertz CT molecular complexity index is 1560. The number of methoxy groups -OCH3 is 1. The van der Waals surface area contributed by atoms with Crippen LogP contribution in [0, 0.1) is 5.41 Å². The lowest BCUT2D eigenvalue weighted by molar-refractivity contribution is -0.155. The first-order chi connectivity index (χ1) is 19.9. The molecule has 0 unspecified atom stereocenters. The predicted octanol–water partition coefficient (Wildman–Crippen LogP) is 3.38. The minimum absolute atomic E-state index is 0.0580. The fraction of sp³-hybridized carbons (Fsp3) is 0.258. The highest BCUT2D eigenvalue weighted by atomic mass is 16.5. The molecular weight excluding hydrogens is 524 g/mol. The molecule has 4 amide bonds. The van der Waals surface area contributed by atoms with Gasteiger partial charge in [-0.05, 0) is 41.3 Å². The lowest BCUT2D eigenvalue weighted by atomic mass is 9.64. The number of hydrazone groups is 1. The summed E-state index contributed by atoms with van der Waals surface area (Å²) in [5.74, 6) is -2.61. The predicted molar refractivity (Wildman–Crippen MR) is 148 cm³/mol. The van der Waals surface area contributed by atoms with Gasteiger partial charge < -0.3 is 9.47 Å². The Morgan fingerprint density at radius 2 is 1.68 bits per heavy atom. The zero-order valence-electron chi connectivity index (χ0n) is 22.5. The number of hydrogen-bond acceptors (Lipinski definition) is 8. The van der Waals surface area contributed by atoms with Gasteiger partial charge in [-0.3, -0.25) is 24.8 Å². The summed E-state index contributed by atoms with van der Waals surface area (Å²) in [6, 6.07) is 20.3. The average Bonchev–Trinajstić information content (AvgIpc) is 3.32. The molecule has 6 rings (SSSR count). The number of carbonyl (C=O) groups excluding carboxylic acids is 4. The van der Waals surface area contributed by atoms with Crippen molar-refractivity contribution in [1.29, 1.82) is 0 Å². The molecule has 0 saturated carbocycles. The average molecular weight is 553 g/mol. The summed E-state index contributed by atoms with van der Waals surface area (Å²) >= 11 is 0. The zero-order chi connectivity index (χ0) is 28.7. The van der Waals surface area contributed by atoms with E-state index in [0.29, 0.717) is 28.0 Å². The minimum Gasteiger partial charge on any atom is -0.497 e. The van der Waals surface area contributed by atoms with Gasteiger partial charge in [0.2, 0.25) is 11.8 Å². The summed E-state index contributed by atoms with van der Waals surface area (Å²) in [6.07, 6.45) is 1.61. The molecule has 2 fully saturated rings. The second-order valence-electron chi connectivity index (χ2n) is 10.1. The summed E-state index contributed by atoms with van der Waals surface area (Å²) in [6.45, 7) is 1.73. The van der Waals surface area contributed by atoms with Gasteiger partial charge in [0.05, 0.1) is 32.5 Å². The monoisotopic (exact) mass is 552 g/mol. The maximum atomic E-state index is 14.9. The normalized spacial score (nSPS) is 24.6. The van der Waals surface area contributed by atoms with Crippen LogP contribution in [0.25, 0.3) is 0 Å². The van der Waals surface area contributed by atoms with E-state index in [4.69, 9.17) is 9.47 Å². The van der Waals surface area contributed by atoms with E-state index in [9.17, 15) is 19.2 Å². The maximum Gasteiger partial charge on any atom is 0.331 e. The molecule has 0 bridgehead atoms. The van der Waals surface area contributed by atoms with Crippen LogP contribution < -0.4 is 10.1 Å². The van der Waals surface area contributed by atoms with E-state index in [1.165, 1.54) is 12.1 Å². The summed E-state index contributed by atoms with van der Waals surface area (Å²) in [7, 11) is 1.53. The molecule has 2 saturated heterocycles. The molecule has 0 aliphatic carbocycles. The molecule has 10 nitrogen and oxygen atoms in total. The van der Waals surface area contributed by atoms with E-state index in [0.717, 1.165) is 4.90 Å². The molecule has 0 aromatic heterocycles. The van der Waals surface area contributed by atoms with Crippen LogP contribution in [0.1, 0.15) is 41.1 Å². The van der Waals surface area contributed by atoms with Crippen LogP contribution in [0.3, 0.4) is 0 Å². The number of benzene rings is 3. The Labute approximate surface area is 236 Å². The number of nitrogens with one attached hydrogen (secondary N) is 1. The highest BCUT2D eigenvalue weighted by Crippen LogP contribution is 2.61. The first-order valence-electron chi connectivity index (χ1n) is 13.3. The molecule has 0 radical (unpaired) electrons. The SMILES string of the molecule is CCOC(=O)[C@@H]1[C@H](c2ccc(OC)cc2)[C@]2(C(=O)NC(=O)N(Cc3ccccc3)C2=O)[C@@H]2c3ccccc3C=NN12. The Balaban J connectivity index is 1.61. The number of nitrogens with zero attached hydrogens (tertiary/aromatic N) is 3. The van der Waals surface area contributed by atoms with Crippen molar-refractivity contribution in [3.8, 4) is 5.75 Å². The smallest absolute Gasteiger partial charge is 0.331 e. The highest BCUT2D eigenvalue weighted by Gasteiger charge is 2.73. The number of barbiturate groups is 1. The van der Waals surface area contributed by atoms with Crippen molar-refractivity contribution in [3.05, 3.63) is 101 Å². The summed E-state index contributed by atoms with van der Waals surface area (Å²) in [4.78, 5) is 57.2. The molecule has 3 aromatic carbocycles. The summed E-state index contributed by atoms with van der Waals surface area (Å²) < 4.78 is 10.8. The number of urea groups is 1. The van der Waals surface area contributed by atoms with E-state index >= 15 is 0 Å². The Kier molecular flexibility index (Phi) is 6.53. The lowest BCUT2D eigenvalue weighted by Gasteiger charge is -2.44. The van der Waals surface area contributed by atoms with Gasteiger partial charge in [0.1, 0.15) is 5.75 Å². The van der Waals surface area contributed by atoms with Gasteiger partial charge in [0.15, 0.2) is 11.5 Å². The molecule has 3 heterocycles. The molecule has 1 spiro atoms. The van der Waals surface area contributed by atoms with Crippen LogP contribution in [0.15, 0.2) is 84.0 Å². The second-order valence-corrected chi connectivity index (χ2v) is 10.1. The first kappa shape index (κ1) is 26.2. The third-order valence-corrected chi connectivity index (χ3v) is 8.03. The molecule has 10 heteroatoms. The number of carbonyl (C=O) groups is 4. The molecule has 3 aliphatic heterocycles. The largest absolute Gasteiger partial charge is 0.497 e. The molecule has 3 aromatic rings. The van der Waals surface area contributed by atoms with Gasteiger partial charge >= 0.3 is 12.0 Å². The number of ether oxygens (including phenoxy) is 2. The van der Waals surface area contributed by atoms with Crippen LogP contribution in [-0.2, 0) is 25.7 Å². The molecule has 1 N–H and O–H groups in total. The molecule has 208 valence electrons. The molecular formula is C31H28N4O6. The van der Waals surface area contributed by atoms with Crippen molar-refractivity contribution < 1.29 is 28.7 Å². The summed E-state index contributed by atoms with van der Waals surface area (Å²) in [5.41, 5.74) is 0.648. The van der Waals surface area contributed by atoms with Crippen LogP contribution in [0.5, 0.6) is 5.75 Å². The molecule has 4 atom stereocenters. The summed E-state index contributed by atoms with van der Waals surface area (Å²) in [5, 5.41) is 8.59. The van der Waals surface area contributed by atoms with Crippen molar-refractivity contribution in [2.45, 2.75) is 31.5 Å². The number of fused-ring (bicyclic) bond motifs is 4. The number of imide groups is 2. The van der Waals surface area contributed by atoms with Gasteiger partial charge in [-0.1, -0.05) is 66.7 Å². The van der Waals surface area contributed by atoms with Gasteiger partial charge in [-0.25, -0.2) is 9.59 Å². The number of rotatable bonds is 6. The Morgan fingerprint density at radius 3 is 2.39 bits per heavy atom. The van der Waals surface area contributed by atoms with Crippen molar-refractivity contribution >= 4 is 30.0 Å². The number of amides is 4. The fourth-order valence-electron chi connectivity index (χ4n) is 6.31. The van der Waals surface area contributed by atoms with Gasteiger partial charge in [0.25, 0.3) is 0 Å². The van der Waals surface area contributed by atoms with Gasteiger partial charge in [0, 0.05) is 5.92 Å². The number of esters is 1. The maximum absolute atomic E-state index is 14.9. The number of hydrogen-bond donors (Lipinski definition) is 1. The Hall–Kier alpha value is -4.99. The van der Waals surface area contributed by atoms with Gasteiger partial charge in [-0.2, -0.15) is 5.10 Å². The third kappa shape index (κ3) is 3.97. The molecule has 41 heavy (non-hydrogen) atoms. The van der Waals surface area contributed by atoms with Crippen LogP contribution >= 0.6 is 0 Å². The topological polar surface area (TPSA) is 118 Å². The van der Waals surface area contributed by atoms with E-state index < -0.39 is 47.2 Å². The third-order valence-electron chi connectivity index (χ3n) is 8.03. The van der Waals surface area contributed by atoms with Crippen molar-refractivity contribution in [2.75, 3.05) is 13.7 Å². The quantitative estimate of drug-likeness (QED) is 0.368. The standard InChI is InChI=1S/C31H28N4O6/c1-3-41-27(36)25-24(20-13-15-22(40-2)16-14-20)31(26-23-12-8-7-11-21(23)17-32-35(25)26)28(37)33-30(39)34(29(31)38)18-19-9-5-4-6-10-19/h4-17,24-26H,3,18H2,1-2H3,(H,33,37,39)/t24-,25-,26-,31+/m0/s1. The highest BCUT2D eigenvalue weighted by molar-refractivity contribution is 6.21. The van der Waals surface area contributed by atoms with Crippen LogP contribution in [-0.4, -0.2) is 59.7 Å². The van der Waals surface area contributed by atoms with E-state index in [2.05, 4.69) is 10.4 Å². The van der Waals surface area contributed by atoms with Crippen molar-refractivity contribution in [3.63, 3.8) is 0 Å². The lowest BCUT2D eigenvalue weighted by Crippen LogP contribution is -2.66. The van der Waals surface area contributed by atoms with Crippen molar-refractivity contribution in [1.82, 2.24) is 15.2 Å². The minimum atomic E-state index is -1.94. The van der Waals surface area contributed by atoms with E-state index in [1.807, 2.05) is 42.5 Å². The van der Waals surface area contributed by atoms with E-state index in [1.54, 1.807) is 49.5 Å². The zero-order valence-corrected chi connectivity index (χ0v) is 22.5. The second kappa shape index (κ2) is 10.2. The fourth-order valence-corrected chi connectivity index (χ4v) is 6.31. The van der Waals surface area contributed by atoms with Gasteiger partial charge in [-0.15, -0.1) is 0 Å². The Morgan fingerprint density at radius 1 is 0.976 bits per heavy atom. The van der Waals surface area contributed by atoms with E-state index in [-0.39, 0.29) is 13.2 Å². The molecule has 3 aliphatic rings.